The first-order chi connectivity index (χ1) is 21.3. The number of aliphatic imine (C=N–C) groups is 1. The van der Waals surface area contributed by atoms with Crippen molar-refractivity contribution in [1.82, 2.24) is 9.47 Å². The van der Waals surface area contributed by atoms with E-state index < -0.39 is 5.97 Å². The van der Waals surface area contributed by atoms with Gasteiger partial charge in [0, 0.05) is 29.2 Å². The number of amidine groups is 1. The van der Waals surface area contributed by atoms with E-state index in [0.717, 1.165) is 27.6 Å². The molecule has 1 fully saturated rings. The third kappa shape index (κ3) is 6.24. The molecule has 1 amide bonds. The van der Waals surface area contributed by atoms with Crippen LogP contribution in [0.4, 0.5) is 5.69 Å². The zero-order valence-corrected chi connectivity index (χ0v) is 25.7. The van der Waals surface area contributed by atoms with Crippen molar-refractivity contribution in [3.8, 4) is 5.75 Å². The van der Waals surface area contributed by atoms with E-state index in [1.165, 1.54) is 23.9 Å². The Balaban J connectivity index is 1.37. The minimum absolute atomic E-state index is 0.181. The number of thioether (sulfide) groups is 1. The summed E-state index contributed by atoms with van der Waals surface area (Å²) in [4.78, 5) is 32.2. The van der Waals surface area contributed by atoms with Gasteiger partial charge >= 0.3 is 5.97 Å². The first-order valence-corrected chi connectivity index (χ1v) is 15.1. The Morgan fingerprint density at radius 2 is 1.66 bits per heavy atom. The molecule has 0 atom stereocenters. The van der Waals surface area contributed by atoms with Crippen LogP contribution in [0.2, 0.25) is 10.0 Å². The summed E-state index contributed by atoms with van der Waals surface area (Å²) >= 11 is 13.7. The molecule has 0 aliphatic carbocycles. The molecular weight excluding hydrogens is 617 g/mol. The van der Waals surface area contributed by atoms with Crippen LogP contribution >= 0.6 is 35.0 Å². The van der Waals surface area contributed by atoms with Gasteiger partial charge in [-0.05, 0) is 83.6 Å². The maximum atomic E-state index is 13.9. The molecule has 0 saturated carbocycles. The maximum absolute atomic E-state index is 13.9. The summed E-state index contributed by atoms with van der Waals surface area (Å²) in [5, 5.41) is 11.8. The number of carbonyl (C=O) groups is 2. The van der Waals surface area contributed by atoms with Gasteiger partial charge in [-0.2, -0.15) is 0 Å². The normalized spacial score (nSPS) is 15.1. The average molecular weight is 643 g/mol. The highest BCUT2D eigenvalue weighted by molar-refractivity contribution is 8.18. The number of carboxylic acid groups (broad SMARTS) is 1. The van der Waals surface area contributed by atoms with Crippen LogP contribution in [0.3, 0.4) is 0 Å². The molecule has 0 unspecified atom stereocenters. The second-order valence-corrected chi connectivity index (χ2v) is 11.9. The van der Waals surface area contributed by atoms with Crippen LogP contribution in [-0.4, -0.2) is 38.7 Å². The lowest BCUT2D eigenvalue weighted by Gasteiger charge is -2.16. The van der Waals surface area contributed by atoms with E-state index in [-0.39, 0.29) is 18.0 Å². The molecule has 0 radical (unpaired) electrons. The number of amides is 1. The molecule has 1 aromatic heterocycles. The van der Waals surface area contributed by atoms with Crippen molar-refractivity contribution < 1.29 is 19.4 Å². The van der Waals surface area contributed by atoms with E-state index in [1.54, 1.807) is 30.2 Å². The minimum Gasteiger partial charge on any atom is -0.497 e. The molecule has 1 aliphatic rings. The number of hydrogen-bond acceptors (Lipinski definition) is 5. The molecule has 1 N–H and O–H groups in total. The number of nitrogens with zero attached hydrogens (tertiary/aromatic N) is 3. The van der Waals surface area contributed by atoms with Crippen molar-refractivity contribution in [2.24, 2.45) is 4.99 Å². The third-order valence-electron chi connectivity index (χ3n) is 7.17. The molecule has 5 aromatic rings. The number of carboxylic acids is 1. The predicted molar refractivity (Wildman–Crippen MR) is 177 cm³/mol. The molecular formula is C34H25Cl2N3O4S. The Bertz CT molecular complexity index is 1950. The number of aromatic nitrogens is 1. The lowest BCUT2D eigenvalue weighted by Crippen LogP contribution is -2.28. The fourth-order valence-electron chi connectivity index (χ4n) is 4.93. The molecule has 4 aromatic carbocycles. The van der Waals surface area contributed by atoms with Crippen molar-refractivity contribution in [1.29, 1.82) is 0 Å². The average Bonchev–Trinajstić information content (AvgIpc) is 3.51. The van der Waals surface area contributed by atoms with E-state index in [9.17, 15) is 14.7 Å². The summed E-state index contributed by atoms with van der Waals surface area (Å²) in [5.74, 6) is -0.488. The highest BCUT2D eigenvalue weighted by atomic mass is 35.5. The van der Waals surface area contributed by atoms with Gasteiger partial charge in [-0.1, -0.05) is 59.6 Å². The molecule has 0 spiro atoms. The Kier molecular flexibility index (Phi) is 8.48. The van der Waals surface area contributed by atoms with E-state index in [4.69, 9.17) is 32.9 Å². The first-order valence-electron chi connectivity index (χ1n) is 13.6. The Labute approximate surface area is 268 Å². The van der Waals surface area contributed by atoms with Gasteiger partial charge in [-0.3, -0.25) is 9.69 Å². The number of halogens is 2. The van der Waals surface area contributed by atoms with Crippen LogP contribution in [-0.2, 0) is 17.9 Å². The van der Waals surface area contributed by atoms with Crippen molar-refractivity contribution in [2.45, 2.75) is 13.1 Å². The van der Waals surface area contributed by atoms with E-state index >= 15 is 0 Å². The lowest BCUT2D eigenvalue weighted by molar-refractivity contribution is -0.122. The van der Waals surface area contributed by atoms with Crippen LogP contribution in [0.5, 0.6) is 5.75 Å². The zero-order chi connectivity index (χ0) is 30.8. The van der Waals surface area contributed by atoms with Crippen molar-refractivity contribution >= 4 is 74.7 Å². The number of hydrogen-bond donors (Lipinski definition) is 1. The number of para-hydroxylation sites is 1. The smallest absolute Gasteiger partial charge is 0.335 e. The molecule has 1 aliphatic heterocycles. The predicted octanol–water partition coefficient (Wildman–Crippen LogP) is 8.51. The van der Waals surface area contributed by atoms with Gasteiger partial charge in [0.05, 0.1) is 39.9 Å². The SMILES string of the molecule is COc1ccc(N=C2S/C(=C\c3cn(Cc4ccc(Cl)c(Cl)c4)c4ccccc34)C(=O)N2Cc2ccc(C(=O)O)cc2)cc1. The molecule has 2 heterocycles. The Morgan fingerprint density at radius 3 is 2.36 bits per heavy atom. The number of carbonyl (C=O) groups excluding carboxylic acids is 1. The number of rotatable bonds is 8. The highest BCUT2D eigenvalue weighted by Crippen LogP contribution is 2.37. The number of fused-ring (bicyclic) bond motifs is 1. The summed E-state index contributed by atoms with van der Waals surface area (Å²) < 4.78 is 7.39. The first kappa shape index (κ1) is 29.6. The summed E-state index contributed by atoms with van der Waals surface area (Å²) in [5.41, 5.74) is 4.55. The van der Waals surface area contributed by atoms with Crippen LogP contribution in [0.15, 0.2) is 107 Å². The monoisotopic (exact) mass is 641 g/mol. The molecule has 44 heavy (non-hydrogen) atoms. The van der Waals surface area contributed by atoms with Crippen LogP contribution in [0.1, 0.15) is 27.0 Å². The van der Waals surface area contributed by atoms with Crippen LogP contribution in [0, 0.1) is 0 Å². The third-order valence-corrected chi connectivity index (χ3v) is 8.92. The van der Waals surface area contributed by atoms with Gasteiger partial charge in [0.2, 0.25) is 0 Å². The second kappa shape index (κ2) is 12.6. The van der Waals surface area contributed by atoms with Crippen molar-refractivity contribution in [2.75, 3.05) is 7.11 Å². The summed E-state index contributed by atoms with van der Waals surface area (Å²) in [6, 6.07) is 27.4. The van der Waals surface area contributed by atoms with Gasteiger partial charge in [-0.25, -0.2) is 9.79 Å². The van der Waals surface area contributed by atoms with E-state index in [0.29, 0.717) is 38.1 Å². The Morgan fingerprint density at radius 1 is 0.932 bits per heavy atom. The van der Waals surface area contributed by atoms with E-state index in [2.05, 4.69) is 4.57 Å². The Hall–Kier alpha value is -4.50. The van der Waals surface area contributed by atoms with Crippen molar-refractivity contribution in [3.63, 3.8) is 0 Å². The molecule has 220 valence electrons. The number of ether oxygens (including phenoxy) is 1. The minimum atomic E-state index is -1.00. The fourth-order valence-corrected chi connectivity index (χ4v) is 6.24. The van der Waals surface area contributed by atoms with Crippen LogP contribution < -0.4 is 4.74 Å². The van der Waals surface area contributed by atoms with Crippen LogP contribution in [0.25, 0.3) is 17.0 Å². The molecule has 0 bridgehead atoms. The second-order valence-electron chi connectivity index (χ2n) is 10.1. The van der Waals surface area contributed by atoms with Gasteiger partial charge in [0.25, 0.3) is 5.91 Å². The summed E-state index contributed by atoms with van der Waals surface area (Å²) in [6.07, 6.45) is 3.93. The molecule has 10 heteroatoms. The fraction of sp³-hybridized carbons (Fsp3) is 0.0882. The van der Waals surface area contributed by atoms with E-state index in [1.807, 2.05) is 72.9 Å². The highest BCUT2D eigenvalue weighted by Gasteiger charge is 2.34. The topological polar surface area (TPSA) is 84.1 Å². The number of aromatic carboxylic acids is 1. The van der Waals surface area contributed by atoms with Gasteiger partial charge in [-0.15, -0.1) is 0 Å². The quantitative estimate of drug-likeness (QED) is 0.172. The number of methoxy groups -OCH3 is 1. The standard InChI is InChI=1S/C34H25Cl2N3O4S/c1-43-26-13-11-25(12-14-26)37-34-39(19-21-6-9-23(10-7-21)33(41)42)32(40)31(44-34)17-24-20-38(30-5-3-2-4-27(24)30)18-22-8-15-28(35)29(36)16-22/h2-17,20H,18-19H2,1H3,(H,41,42)/b31-17-,37-34?. The zero-order valence-electron chi connectivity index (χ0n) is 23.4. The molecule has 6 rings (SSSR count). The molecule has 1 saturated heterocycles. The van der Waals surface area contributed by atoms with Crippen molar-refractivity contribution in [3.05, 3.63) is 134 Å². The lowest BCUT2D eigenvalue weighted by atomic mass is 10.1. The van der Waals surface area contributed by atoms with Gasteiger partial charge in [0.15, 0.2) is 5.17 Å². The van der Waals surface area contributed by atoms with Gasteiger partial charge < -0.3 is 14.4 Å². The maximum Gasteiger partial charge on any atom is 0.335 e. The summed E-state index contributed by atoms with van der Waals surface area (Å²) in [7, 11) is 1.60. The molecule has 7 nitrogen and oxygen atoms in total. The number of benzene rings is 4. The van der Waals surface area contributed by atoms with Gasteiger partial charge in [0.1, 0.15) is 5.75 Å². The summed E-state index contributed by atoms with van der Waals surface area (Å²) in [6.45, 7) is 0.807. The largest absolute Gasteiger partial charge is 0.497 e.